The van der Waals surface area contributed by atoms with E-state index >= 15 is 0 Å². The molecule has 4 nitrogen and oxygen atoms in total. The smallest absolute Gasteiger partial charge is 0.311 e. The number of aromatic nitrogens is 1. The molecule has 0 atom stereocenters. The Kier molecular flexibility index (Phi) is 3.24. The van der Waals surface area contributed by atoms with Crippen LogP contribution in [0.3, 0.4) is 0 Å². The van der Waals surface area contributed by atoms with E-state index in [0.717, 1.165) is 33.9 Å². The van der Waals surface area contributed by atoms with E-state index in [1.807, 2.05) is 31.2 Å². The van der Waals surface area contributed by atoms with Crippen molar-refractivity contribution in [2.75, 3.05) is 0 Å². The van der Waals surface area contributed by atoms with E-state index in [9.17, 15) is 9.90 Å². The van der Waals surface area contributed by atoms with Crippen molar-refractivity contribution < 1.29 is 5.11 Å². The summed E-state index contributed by atoms with van der Waals surface area (Å²) in [5.41, 5.74) is 3.67. The minimum absolute atomic E-state index is 0.0635. The summed E-state index contributed by atoms with van der Waals surface area (Å²) < 4.78 is 1.18. The average molecular weight is 296 g/mol. The first-order valence-electron chi connectivity index (χ1n) is 6.34. The molecule has 0 spiro atoms. The van der Waals surface area contributed by atoms with Crippen molar-refractivity contribution in [3.8, 4) is 18.2 Å². The summed E-state index contributed by atoms with van der Waals surface area (Å²) in [5.74, 6) is 2.27. The van der Waals surface area contributed by atoms with Gasteiger partial charge in [-0.3, -0.25) is 14.4 Å². The fourth-order valence-corrected chi connectivity index (χ4v) is 3.11. The van der Waals surface area contributed by atoms with Gasteiger partial charge in [0.2, 0.25) is 5.88 Å². The second kappa shape index (κ2) is 5.08. The Morgan fingerprint density at radius 2 is 2.24 bits per heavy atom. The molecule has 0 unspecified atom stereocenters. The Hall–Kier alpha value is -2.58. The van der Waals surface area contributed by atoms with Crippen LogP contribution in [0, 0.1) is 12.3 Å². The Morgan fingerprint density at radius 1 is 1.48 bits per heavy atom. The first kappa shape index (κ1) is 13.4. The maximum Gasteiger partial charge on any atom is 0.311 e. The van der Waals surface area contributed by atoms with Crippen molar-refractivity contribution >= 4 is 34.4 Å². The van der Waals surface area contributed by atoms with Crippen molar-refractivity contribution in [2.45, 2.75) is 13.5 Å². The highest BCUT2D eigenvalue weighted by Gasteiger charge is 2.19. The van der Waals surface area contributed by atoms with E-state index in [4.69, 9.17) is 6.42 Å². The Morgan fingerprint density at radius 3 is 3.00 bits per heavy atom. The molecule has 0 radical (unpaired) electrons. The van der Waals surface area contributed by atoms with Crippen molar-refractivity contribution in [3.05, 3.63) is 44.4 Å². The molecule has 21 heavy (non-hydrogen) atoms. The number of nitrogens with zero attached hydrogens (tertiary/aromatic N) is 2. The SMILES string of the molecule is C#CCn1c(O)c(/C=C2\C(C)=Nc3ccccc32)sc1=O. The maximum atomic E-state index is 11.8. The number of hydrogen-bond donors (Lipinski definition) is 1. The van der Waals surface area contributed by atoms with Gasteiger partial charge in [0.05, 0.1) is 17.1 Å². The van der Waals surface area contributed by atoms with E-state index < -0.39 is 0 Å². The average Bonchev–Trinajstić information content (AvgIpc) is 2.92. The maximum absolute atomic E-state index is 11.8. The van der Waals surface area contributed by atoms with Gasteiger partial charge in [-0.05, 0) is 19.1 Å². The molecule has 2 heterocycles. The van der Waals surface area contributed by atoms with Crippen molar-refractivity contribution in [1.82, 2.24) is 4.57 Å². The molecule has 1 aliphatic heterocycles. The first-order chi connectivity index (χ1) is 10.1. The largest absolute Gasteiger partial charge is 0.493 e. The summed E-state index contributed by atoms with van der Waals surface area (Å²) in [7, 11) is 0. The molecule has 0 amide bonds. The fourth-order valence-electron chi connectivity index (χ4n) is 2.29. The lowest BCUT2D eigenvalue weighted by atomic mass is 10.0. The minimum atomic E-state index is -0.266. The van der Waals surface area contributed by atoms with E-state index in [2.05, 4.69) is 10.9 Å². The third-order valence-electron chi connectivity index (χ3n) is 3.29. The molecule has 5 heteroatoms. The number of fused-ring (bicyclic) bond motifs is 1. The molecule has 1 aromatic carbocycles. The van der Waals surface area contributed by atoms with Crippen molar-refractivity contribution in [1.29, 1.82) is 0 Å². The zero-order chi connectivity index (χ0) is 15.0. The van der Waals surface area contributed by atoms with E-state index in [-0.39, 0.29) is 17.3 Å². The summed E-state index contributed by atoms with van der Waals surface area (Å²) in [5, 5.41) is 10.1. The highest BCUT2D eigenvalue weighted by molar-refractivity contribution is 7.10. The van der Waals surface area contributed by atoms with Crippen LogP contribution in [0.25, 0.3) is 11.6 Å². The predicted octanol–water partition coefficient (Wildman–Crippen LogP) is 2.90. The van der Waals surface area contributed by atoms with Crippen LogP contribution < -0.4 is 4.87 Å². The summed E-state index contributed by atoms with van der Waals surface area (Å²) in [6.45, 7) is 1.97. The fraction of sp³-hybridized carbons (Fsp3) is 0.125. The zero-order valence-corrected chi connectivity index (χ0v) is 12.1. The van der Waals surface area contributed by atoms with Gasteiger partial charge >= 0.3 is 4.87 Å². The first-order valence-corrected chi connectivity index (χ1v) is 7.16. The van der Waals surface area contributed by atoms with Gasteiger partial charge in [0.15, 0.2) is 0 Å². The summed E-state index contributed by atoms with van der Waals surface area (Å²) >= 11 is 0.975. The van der Waals surface area contributed by atoms with Crippen LogP contribution in [-0.2, 0) is 6.54 Å². The molecule has 0 saturated carbocycles. The van der Waals surface area contributed by atoms with Gasteiger partial charge in [0.1, 0.15) is 0 Å². The second-order valence-corrected chi connectivity index (χ2v) is 5.61. The molecule has 3 rings (SSSR count). The molecule has 104 valence electrons. The molecule has 0 aliphatic carbocycles. The number of aromatic hydroxyl groups is 1. The summed E-state index contributed by atoms with van der Waals surface area (Å²) in [6, 6.07) is 7.77. The highest BCUT2D eigenvalue weighted by Crippen LogP contribution is 2.37. The lowest BCUT2D eigenvalue weighted by Gasteiger charge is -2.01. The van der Waals surface area contributed by atoms with Gasteiger partial charge in [0, 0.05) is 16.8 Å². The van der Waals surface area contributed by atoms with Gasteiger partial charge < -0.3 is 5.11 Å². The number of allylic oxidation sites excluding steroid dienone is 1. The van der Waals surface area contributed by atoms with Crippen LogP contribution in [0.1, 0.15) is 17.4 Å². The van der Waals surface area contributed by atoms with Crippen LogP contribution >= 0.6 is 11.3 Å². The molecule has 1 N–H and O–H groups in total. The van der Waals surface area contributed by atoms with Crippen LogP contribution in [-0.4, -0.2) is 15.4 Å². The minimum Gasteiger partial charge on any atom is -0.493 e. The van der Waals surface area contributed by atoms with E-state index in [0.29, 0.717) is 4.88 Å². The predicted molar refractivity (Wildman–Crippen MR) is 86.2 cm³/mol. The second-order valence-electron chi connectivity index (χ2n) is 4.62. The molecule has 2 aromatic rings. The van der Waals surface area contributed by atoms with Gasteiger partial charge in [-0.15, -0.1) is 6.42 Å². The number of thiazole rings is 1. The third kappa shape index (κ3) is 2.20. The number of rotatable bonds is 2. The van der Waals surface area contributed by atoms with Crippen molar-refractivity contribution in [3.63, 3.8) is 0 Å². The number of terminal acetylenes is 1. The lowest BCUT2D eigenvalue weighted by Crippen LogP contribution is -2.10. The topological polar surface area (TPSA) is 54.6 Å². The molecule has 0 saturated heterocycles. The summed E-state index contributed by atoms with van der Waals surface area (Å²) in [6.07, 6.45) is 7.00. The molecular weight excluding hydrogens is 284 g/mol. The third-order valence-corrected chi connectivity index (χ3v) is 4.21. The van der Waals surface area contributed by atoms with Crippen LogP contribution in [0.4, 0.5) is 5.69 Å². The lowest BCUT2D eigenvalue weighted by molar-refractivity contribution is 0.423. The van der Waals surface area contributed by atoms with Crippen LogP contribution in [0.15, 0.2) is 34.1 Å². The van der Waals surface area contributed by atoms with E-state index in [1.165, 1.54) is 4.57 Å². The van der Waals surface area contributed by atoms with Crippen molar-refractivity contribution in [2.24, 2.45) is 4.99 Å². The number of aliphatic imine (C=N–C) groups is 1. The normalized spacial score (nSPS) is 14.9. The molecule has 1 aromatic heterocycles. The Bertz CT molecular complexity index is 878. The molecule has 0 bridgehead atoms. The van der Waals surface area contributed by atoms with Gasteiger partial charge in [-0.1, -0.05) is 35.5 Å². The number of para-hydroxylation sites is 1. The quantitative estimate of drug-likeness (QED) is 0.866. The monoisotopic (exact) mass is 296 g/mol. The zero-order valence-electron chi connectivity index (χ0n) is 11.3. The van der Waals surface area contributed by atoms with Crippen LogP contribution in [0.5, 0.6) is 5.88 Å². The van der Waals surface area contributed by atoms with E-state index in [1.54, 1.807) is 6.08 Å². The Labute approximate surface area is 125 Å². The molecule has 0 fully saturated rings. The standard InChI is InChI=1S/C16H12N2O2S/c1-3-8-18-15(19)14(21-16(18)20)9-12-10(2)17-13-7-5-4-6-11(12)13/h1,4-7,9,19H,8H2,2H3/b12-9+. The molecular formula is C16H12N2O2S. The number of benzene rings is 1. The van der Waals surface area contributed by atoms with Gasteiger partial charge in [-0.2, -0.15) is 0 Å². The van der Waals surface area contributed by atoms with Gasteiger partial charge in [0.25, 0.3) is 0 Å². The van der Waals surface area contributed by atoms with Crippen LogP contribution in [0.2, 0.25) is 0 Å². The molecule has 1 aliphatic rings. The highest BCUT2D eigenvalue weighted by atomic mass is 32.1. The summed E-state index contributed by atoms with van der Waals surface area (Å²) in [4.78, 5) is 16.5. The Balaban J connectivity index is 2.13. The van der Waals surface area contributed by atoms with Gasteiger partial charge in [-0.25, -0.2) is 0 Å². The number of hydrogen-bond acceptors (Lipinski definition) is 4.